The van der Waals surface area contributed by atoms with Gasteiger partial charge in [0.2, 0.25) is 0 Å². The Morgan fingerprint density at radius 3 is 2.05 bits per heavy atom. The highest BCUT2D eigenvalue weighted by atomic mass is 16.5. The van der Waals surface area contributed by atoms with Gasteiger partial charge in [-0.2, -0.15) is 0 Å². The van der Waals surface area contributed by atoms with Crippen molar-refractivity contribution in [2.75, 3.05) is 67.3 Å². The van der Waals surface area contributed by atoms with Crippen LogP contribution in [-0.2, 0) is 11.3 Å². The molecule has 0 radical (unpaired) electrons. The second kappa shape index (κ2) is 13.2. The zero-order valence-corrected chi connectivity index (χ0v) is 24.9. The molecule has 4 aromatic rings. The molecule has 0 bridgehead atoms. The van der Waals surface area contributed by atoms with Gasteiger partial charge in [-0.15, -0.1) is 5.10 Å². The zero-order valence-electron chi connectivity index (χ0n) is 24.9. The summed E-state index contributed by atoms with van der Waals surface area (Å²) in [6, 6.07) is 13.9. The standard InChI is InChI=1S/C30H37N11O3/c1-3-41-28-25(37-38-41)27(40-16-18-44-19-17-40)35-26(36-28)20-4-6-21(7-5-20)31-29(42)32-22-8-10-23(11-9-22)33-30(43)34-24-12-14-39(2)15-13-24/h4-11,24H,3,12-19H2,1-2H3,(H2,31,32,42)(H2,33,34,43). The summed E-state index contributed by atoms with van der Waals surface area (Å²) in [5.74, 6) is 1.30. The quantitative estimate of drug-likeness (QED) is 0.249. The third-order valence-electron chi connectivity index (χ3n) is 7.81. The van der Waals surface area contributed by atoms with Crippen LogP contribution in [0.2, 0.25) is 0 Å². The van der Waals surface area contributed by atoms with Gasteiger partial charge in [0.05, 0.1) is 13.2 Å². The van der Waals surface area contributed by atoms with E-state index in [0.29, 0.717) is 53.8 Å². The molecule has 6 rings (SSSR count). The fraction of sp³-hybridized carbons (Fsp3) is 0.400. The number of likely N-dealkylation sites (tertiary alicyclic amines) is 1. The molecule has 44 heavy (non-hydrogen) atoms. The summed E-state index contributed by atoms with van der Waals surface area (Å²) in [5.41, 5.74) is 4.02. The lowest BCUT2D eigenvalue weighted by Crippen LogP contribution is -2.44. The maximum absolute atomic E-state index is 12.7. The lowest BCUT2D eigenvalue weighted by molar-refractivity contribution is 0.122. The van der Waals surface area contributed by atoms with Crippen molar-refractivity contribution >= 4 is 46.1 Å². The predicted octanol–water partition coefficient (Wildman–Crippen LogP) is 3.60. The first kappa shape index (κ1) is 29.3. The van der Waals surface area contributed by atoms with E-state index in [9.17, 15) is 9.59 Å². The number of morpholine rings is 1. The molecule has 4 N–H and O–H groups in total. The van der Waals surface area contributed by atoms with Crippen LogP contribution >= 0.6 is 0 Å². The number of amides is 4. The third-order valence-corrected chi connectivity index (χ3v) is 7.81. The van der Waals surface area contributed by atoms with Gasteiger partial charge in [0.25, 0.3) is 0 Å². The minimum Gasteiger partial charge on any atom is -0.378 e. The van der Waals surface area contributed by atoms with Gasteiger partial charge >= 0.3 is 12.1 Å². The van der Waals surface area contributed by atoms with Crippen molar-refractivity contribution in [1.29, 1.82) is 0 Å². The van der Waals surface area contributed by atoms with Crippen LogP contribution in [-0.4, -0.2) is 94.4 Å². The van der Waals surface area contributed by atoms with Crippen molar-refractivity contribution in [3.05, 3.63) is 48.5 Å². The highest BCUT2D eigenvalue weighted by molar-refractivity contribution is 6.00. The van der Waals surface area contributed by atoms with Gasteiger partial charge in [0.15, 0.2) is 22.8 Å². The molecule has 230 valence electrons. The van der Waals surface area contributed by atoms with Gasteiger partial charge in [0.1, 0.15) is 0 Å². The first-order chi connectivity index (χ1) is 21.4. The smallest absolute Gasteiger partial charge is 0.323 e. The molecule has 2 fully saturated rings. The normalized spacial score (nSPS) is 16.1. The van der Waals surface area contributed by atoms with Crippen LogP contribution in [0.4, 0.5) is 32.5 Å². The van der Waals surface area contributed by atoms with Crippen LogP contribution in [0.25, 0.3) is 22.6 Å². The van der Waals surface area contributed by atoms with Crippen LogP contribution in [0.3, 0.4) is 0 Å². The Kier molecular flexibility index (Phi) is 8.79. The van der Waals surface area contributed by atoms with Crippen molar-refractivity contribution in [3.8, 4) is 11.4 Å². The Hall–Kier alpha value is -4.82. The molecule has 0 aliphatic carbocycles. The molecule has 0 saturated carbocycles. The fourth-order valence-corrected chi connectivity index (χ4v) is 5.32. The summed E-state index contributed by atoms with van der Waals surface area (Å²) < 4.78 is 7.28. The summed E-state index contributed by atoms with van der Waals surface area (Å²) in [7, 11) is 2.09. The average Bonchev–Trinajstić information content (AvgIpc) is 3.46. The number of aryl methyl sites for hydroxylation is 1. The second-order valence-corrected chi connectivity index (χ2v) is 11.0. The number of rotatable bonds is 7. The van der Waals surface area contributed by atoms with Crippen LogP contribution in [0.1, 0.15) is 19.8 Å². The molecular formula is C30H37N11O3. The molecule has 0 atom stereocenters. The van der Waals surface area contributed by atoms with Crippen molar-refractivity contribution in [1.82, 2.24) is 35.2 Å². The van der Waals surface area contributed by atoms with E-state index in [4.69, 9.17) is 14.7 Å². The maximum Gasteiger partial charge on any atom is 0.323 e. The number of hydrogen-bond donors (Lipinski definition) is 4. The Morgan fingerprint density at radius 2 is 1.43 bits per heavy atom. The number of piperidine rings is 1. The second-order valence-electron chi connectivity index (χ2n) is 11.0. The first-order valence-electron chi connectivity index (χ1n) is 14.9. The molecule has 14 nitrogen and oxygen atoms in total. The van der Waals surface area contributed by atoms with Crippen molar-refractivity contribution in [2.45, 2.75) is 32.4 Å². The van der Waals surface area contributed by atoms with E-state index >= 15 is 0 Å². The molecular weight excluding hydrogens is 562 g/mol. The monoisotopic (exact) mass is 599 g/mol. The van der Waals surface area contributed by atoms with Crippen LogP contribution < -0.4 is 26.2 Å². The minimum atomic E-state index is -0.385. The number of urea groups is 2. The molecule has 2 aliphatic heterocycles. The maximum atomic E-state index is 12.7. The molecule has 2 aromatic carbocycles. The van der Waals surface area contributed by atoms with Gasteiger partial charge in [-0.25, -0.2) is 24.2 Å². The van der Waals surface area contributed by atoms with E-state index in [1.165, 1.54) is 0 Å². The number of ether oxygens (including phenoxy) is 1. The highest BCUT2D eigenvalue weighted by Gasteiger charge is 2.22. The SMILES string of the molecule is CCn1nnc2c(N3CCOCC3)nc(-c3ccc(NC(=O)Nc4ccc(NC(=O)NC5CCN(C)CC5)cc4)cc3)nc21. The number of nitrogens with one attached hydrogen (secondary N) is 4. The molecule has 4 heterocycles. The van der Waals surface area contributed by atoms with Crippen LogP contribution in [0, 0.1) is 0 Å². The number of benzene rings is 2. The Morgan fingerprint density at radius 1 is 0.841 bits per heavy atom. The molecule has 0 spiro atoms. The molecule has 14 heteroatoms. The highest BCUT2D eigenvalue weighted by Crippen LogP contribution is 2.27. The number of carbonyl (C=O) groups excluding carboxylic acids is 2. The Bertz CT molecular complexity index is 1590. The minimum absolute atomic E-state index is 0.178. The zero-order chi connectivity index (χ0) is 30.5. The van der Waals surface area contributed by atoms with Gasteiger partial charge in [0, 0.05) is 48.3 Å². The van der Waals surface area contributed by atoms with E-state index in [-0.39, 0.29) is 18.1 Å². The number of hydrogen-bond acceptors (Lipinski definition) is 9. The third kappa shape index (κ3) is 6.87. The van der Waals surface area contributed by atoms with Gasteiger partial charge in [-0.1, -0.05) is 5.21 Å². The molecule has 2 aromatic heterocycles. The van der Waals surface area contributed by atoms with E-state index in [2.05, 4.69) is 48.4 Å². The van der Waals surface area contributed by atoms with Gasteiger partial charge in [-0.3, -0.25) is 0 Å². The molecule has 4 amide bonds. The summed E-state index contributed by atoms with van der Waals surface area (Å²) in [6.45, 7) is 7.28. The van der Waals surface area contributed by atoms with E-state index < -0.39 is 0 Å². The fourth-order valence-electron chi connectivity index (χ4n) is 5.32. The first-order valence-corrected chi connectivity index (χ1v) is 14.9. The number of carbonyl (C=O) groups is 2. The summed E-state index contributed by atoms with van der Waals surface area (Å²) in [6.07, 6.45) is 1.88. The number of aromatic nitrogens is 5. The Balaban J connectivity index is 1.06. The van der Waals surface area contributed by atoms with E-state index in [1.807, 2.05) is 31.2 Å². The molecule has 2 saturated heterocycles. The topological polar surface area (TPSA) is 154 Å². The summed E-state index contributed by atoms with van der Waals surface area (Å²) in [5, 5.41) is 20.2. The van der Waals surface area contributed by atoms with E-state index in [1.54, 1.807) is 28.9 Å². The number of fused-ring (bicyclic) bond motifs is 1. The molecule has 2 aliphatic rings. The van der Waals surface area contributed by atoms with Gasteiger partial charge < -0.3 is 35.8 Å². The summed E-state index contributed by atoms with van der Waals surface area (Å²) in [4.78, 5) is 39.1. The average molecular weight is 600 g/mol. The lowest BCUT2D eigenvalue weighted by atomic mass is 10.1. The van der Waals surface area contributed by atoms with Crippen molar-refractivity contribution in [3.63, 3.8) is 0 Å². The van der Waals surface area contributed by atoms with Crippen molar-refractivity contribution < 1.29 is 14.3 Å². The largest absolute Gasteiger partial charge is 0.378 e. The lowest BCUT2D eigenvalue weighted by Gasteiger charge is -2.29. The van der Waals surface area contributed by atoms with Crippen molar-refractivity contribution in [2.24, 2.45) is 0 Å². The molecule has 0 unspecified atom stereocenters. The number of anilines is 4. The van der Waals surface area contributed by atoms with Crippen LogP contribution in [0.15, 0.2) is 48.5 Å². The Labute approximate surface area is 255 Å². The van der Waals surface area contributed by atoms with Gasteiger partial charge in [-0.05, 0) is 88.4 Å². The van der Waals surface area contributed by atoms with Crippen LogP contribution in [0.5, 0.6) is 0 Å². The predicted molar refractivity (Wildman–Crippen MR) is 169 cm³/mol. The van der Waals surface area contributed by atoms with E-state index in [0.717, 1.165) is 50.4 Å². The number of nitrogens with zero attached hydrogens (tertiary/aromatic N) is 7. The summed E-state index contributed by atoms with van der Waals surface area (Å²) >= 11 is 0.